The van der Waals surface area contributed by atoms with Gasteiger partial charge >= 0.3 is 0 Å². The van der Waals surface area contributed by atoms with Crippen LogP contribution >= 0.6 is 0 Å². The van der Waals surface area contributed by atoms with Crippen molar-refractivity contribution in [1.29, 1.82) is 0 Å². The summed E-state index contributed by atoms with van der Waals surface area (Å²) in [5, 5.41) is 0. The lowest BCUT2D eigenvalue weighted by molar-refractivity contribution is -0.681. The third-order valence-corrected chi connectivity index (χ3v) is 7.43. The molecule has 0 N–H and O–H groups in total. The highest BCUT2D eigenvalue weighted by molar-refractivity contribution is 5.53. The van der Waals surface area contributed by atoms with E-state index in [1.807, 2.05) is 24.5 Å². The second kappa shape index (κ2) is 18.4. The molecule has 0 aliphatic rings. The second-order valence-electron chi connectivity index (χ2n) is 10.2. The SMILES string of the molecule is CC[n+]1ccccc1N(CCCCCCCCCCN(c1ccccn1)c1cccc[n+]1CC)c1ccccn1.[I-]. The van der Waals surface area contributed by atoms with Crippen LogP contribution in [-0.2, 0) is 13.1 Å². The van der Waals surface area contributed by atoms with Gasteiger partial charge in [-0.2, -0.15) is 0 Å². The summed E-state index contributed by atoms with van der Waals surface area (Å²) in [6.45, 7) is 8.26. The number of aromatic nitrogens is 4. The first-order valence-electron chi connectivity index (χ1n) is 15.2. The molecule has 0 radical (unpaired) electrons. The molecule has 41 heavy (non-hydrogen) atoms. The van der Waals surface area contributed by atoms with E-state index in [1.165, 1.54) is 63.0 Å². The Hall–Kier alpha value is -3.07. The average molecular weight is 666 g/mol. The Morgan fingerprint density at radius 3 is 1.27 bits per heavy atom. The molecule has 0 aromatic carbocycles. The zero-order valence-electron chi connectivity index (χ0n) is 24.8. The summed E-state index contributed by atoms with van der Waals surface area (Å²) in [5.41, 5.74) is 0. The standard InChI is InChI=1S/C34H46N6.HI/c1-3-37-27-19-13-23-33(37)39(31-21-11-15-25-35-31)29-17-9-7-5-6-8-10-18-30-40(32-22-12-16-26-36-32)34-24-14-20-28-38(34)4-2;/h11-16,19-28H,3-10,17-18,29-30H2,1-2H3;1H/q+2;/p-1. The van der Waals surface area contributed by atoms with E-state index in [0.717, 1.165) is 37.8 Å². The van der Waals surface area contributed by atoms with Crippen LogP contribution in [0.25, 0.3) is 0 Å². The Balaban J connectivity index is 0.00000462. The van der Waals surface area contributed by atoms with Gasteiger partial charge < -0.3 is 24.0 Å². The summed E-state index contributed by atoms with van der Waals surface area (Å²) in [7, 11) is 0. The van der Waals surface area contributed by atoms with Crippen LogP contribution in [0, 0.1) is 0 Å². The fourth-order valence-corrected chi connectivity index (χ4v) is 5.28. The van der Waals surface area contributed by atoms with Crippen LogP contribution in [0.2, 0.25) is 0 Å². The minimum Gasteiger partial charge on any atom is -1.00 e. The van der Waals surface area contributed by atoms with Crippen LogP contribution in [0.3, 0.4) is 0 Å². The monoisotopic (exact) mass is 665 g/mol. The van der Waals surface area contributed by atoms with Crippen molar-refractivity contribution in [3.8, 4) is 0 Å². The van der Waals surface area contributed by atoms with E-state index in [-0.39, 0.29) is 24.0 Å². The van der Waals surface area contributed by atoms with Crippen molar-refractivity contribution < 1.29 is 33.1 Å². The van der Waals surface area contributed by atoms with Gasteiger partial charge in [0.1, 0.15) is 0 Å². The number of halogens is 1. The molecule has 0 aliphatic heterocycles. The maximum atomic E-state index is 4.65. The van der Waals surface area contributed by atoms with Crippen LogP contribution in [0.1, 0.15) is 65.2 Å². The third-order valence-electron chi connectivity index (χ3n) is 7.43. The van der Waals surface area contributed by atoms with Gasteiger partial charge in [-0.25, -0.2) is 28.9 Å². The Morgan fingerprint density at radius 1 is 0.512 bits per heavy atom. The van der Waals surface area contributed by atoms with Gasteiger partial charge in [0.2, 0.25) is 11.6 Å². The van der Waals surface area contributed by atoms with Crippen molar-refractivity contribution in [1.82, 2.24) is 9.97 Å². The highest BCUT2D eigenvalue weighted by Gasteiger charge is 2.22. The van der Waals surface area contributed by atoms with E-state index >= 15 is 0 Å². The molecule has 0 unspecified atom stereocenters. The molecule has 0 aliphatic carbocycles. The van der Waals surface area contributed by atoms with Gasteiger partial charge in [0.15, 0.2) is 0 Å². The Bertz CT molecular complexity index is 1160. The molecule has 7 heteroatoms. The van der Waals surface area contributed by atoms with Crippen LogP contribution in [-0.4, -0.2) is 23.1 Å². The summed E-state index contributed by atoms with van der Waals surface area (Å²) >= 11 is 0. The summed E-state index contributed by atoms with van der Waals surface area (Å²) < 4.78 is 4.59. The molecule has 0 atom stereocenters. The molecular formula is C34H46IN6+. The fraction of sp³-hybridized carbons (Fsp3) is 0.412. The number of rotatable bonds is 17. The first-order valence-corrected chi connectivity index (χ1v) is 15.2. The Kier molecular flexibility index (Phi) is 14.5. The van der Waals surface area contributed by atoms with Crippen LogP contribution < -0.4 is 42.9 Å². The molecule has 4 aromatic rings. The summed E-state index contributed by atoms with van der Waals surface area (Å²) in [4.78, 5) is 14.0. The normalized spacial score (nSPS) is 10.7. The number of anilines is 4. The number of nitrogens with zero attached hydrogens (tertiary/aromatic N) is 6. The van der Waals surface area contributed by atoms with Crippen molar-refractivity contribution >= 4 is 23.3 Å². The largest absolute Gasteiger partial charge is 1.00 e. The molecule has 0 fully saturated rings. The molecular weight excluding hydrogens is 619 g/mol. The lowest BCUT2D eigenvalue weighted by atomic mass is 10.1. The van der Waals surface area contributed by atoms with Gasteiger partial charge in [0.25, 0.3) is 11.6 Å². The topological polar surface area (TPSA) is 40.0 Å². The summed E-state index contributed by atoms with van der Waals surface area (Å²) in [5.74, 6) is 4.47. The van der Waals surface area contributed by atoms with Crippen molar-refractivity contribution in [2.45, 2.75) is 78.3 Å². The quantitative estimate of drug-likeness (QED) is 0.0965. The van der Waals surface area contributed by atoms with E-state index < -0.39 is 0 Å². The van der Waals surface area contributed by atoms with Crippen LogP contribution in [0.15, 0.2) is 97.6 Å². The minimum atomic E-state index is 0. The summed E-state index contributed by atoms with van der Waals surface area (Å²) in [6, 6.07) is 25.2. The Morgan fingerprint density at radius 2 is 0.902 bits per heavy atom. The van der Waals surface area contributed by atoms with Crippen LogP contribution in [0.5, 0.6) is 0 Å². The zero-order valence-corrected chi connectivity index (χ0v) is 26.9. The van der Waals surface area contributed by atoms with Crippen LogP contribution in [0.4, 0.5) is 23.3 Å². The third kappa shape index (κ3) is 9.76. The molecule has 0 saturated heterocycles. The predicted octanol–water partition coefficient (Wildman–Crippen LogP) is 4.19. The molecule has 0 spiro atoms. The first kappa shape index (κ1) is 32.4. The predicted molar refractivity (Wildman–Crippen MR) is 164 cm³/mol. The first-order chi connectivity index (χ1) is 19.8. The molecule has 6 nitrogen and oxygen atoms in total. The van der Waals surface area contributed by atoms with E-state index in [4.69, 9.17) is 0 Å². The maximum Gasteiger partial charge on any atom is 0.282 e. The summed E-state index contributed by atoms with van der Waals surface area (Å²) in [6.07, 6.45) is 18.1. The molecule has 0 amide bonds. The number of unbranched alkanes of at least 4 members (excludes halogenated alkanes) is 7. The zero-order chi connectivity index (χ0) is 27.8. The van der Waals surface area contributed by atoms with Crippen molar-refractivity contribution in [3.63, 3.8) is 0 Å². The maximum absolute atomic E-state index is 4.65. The lowest BCUT2D eigenvalue weighted by Gasteiger charge is -2.18. The smallest absolute Gasteiger partial charge is 0.282 e. The van der Waals surface area contributed by atoms with E-state index in [9.17, 15) is 0 Å². The highest BCUT2D eigenvalue weighted by Crippen LogP contribution is 2.22. The van der Waals surface area contributed by atoms with Gasteiger partial charge in [0.05, 0.1) is 38.6 Å². The molecule has 0 saturated carbocycles. The fourth-order valence-electron chi connectivity index (χ4n) is 5.28. The van der Waals surface area contributed by atoms with E-state index in [2.05, 4.69) is 116 Å². The lowest BCUT2D eigenvalue weighted by Crippen LogP contribution is -3.00. The minimum absolute atomic E-state index is 0. The van der Waals surface area contributed by atoms with Gasteiger partial charge in [-0.15, -0.1) is 0 Å². The molecule has 0 bridgehead atoms. The number of hydrogen-bond acceptors (Lipinski definition) is 4. The number of aryl methyl sites for hydroxylation is 2. The van der Waals surface area contributed by atoms with Crippen molar-refractivity contribution in [2.75, 3.05) is 22.9 Å². The van der Waals surface area contributed by atoms with Gasteiger partial charge in [0, 0.05) is 36.7 Å². The molecule has 218 valence electrons. The average Bonchev–Trinajstić information content (AvgIpc) is 3.02. The van der Waals surface area contributed by atoms with Crippen molar-refractivity contribution in [3.05, 3.63) is 97.6 Å². The van der Waals surface area contributed by atoms with Crippen molar-refractivity contribution in [2.24, 2.45) is 0 Å². The van der Waals surface area contributed by atoms with Gasteiger partial charge in [-0.05, 0) is 63.8 Å². The number of pyridine rings is 4. The van der Waals surface area contributed by atoms with Gasteiger partial charge in [-0.3, -0.25) is 0 Å². The van der Waals surface area contributed by atoms with Gasteiger partial charge in [-0.1, -0.05) is 49.9 Å². The second-order valence-corrected chi connectivity index (χ2v) is 10.2. The van der Waals surface area contributed by atoms with E-state index in [1.54, 1.807) is 0 Å². The highest BCUT2D eigenvalue weighted by atomic mass is 127. The molecule has 4 rings (SSSR count). The number of hydrogen-bond donors (Lipinski definition) is 0. The molecule has 4 aromatic heterocycles. The Labute approximate surface area is 264 Å². The van der Waals surface area contributed by atoms with E-state index in [0.29, 0.717) is 0 Å². The molecule has 4 heterocycles.